The van der Waals surface area contributed by atoms with Crippen LogP contribution in [0.4, 0.5) is 27.8 Å². The molecule has 1 aromatic heterocycles. The van der Waals surface area contributed by atoms with Crippen molar-refractivity contribution < 1.29 is 31.5 Å². The maximum Gasteiger partial charge on any atom is 0.416 e. The number of nitrogens with one attached hydrogen (secondary N) is 4. The lowest BCUT2D eigenvalue weighted by Gasteiger charge is -2.28. The van der Waals surface area contributed by atoms with Crippen LogP contribution in [0.5, 0.6) is 0 Å². The molecule has 4 N–H and O–H groups in total. The lowest BCUT2D eigenvalue weighted by atomic mass is 10.0. The quantitative estimate of drug-likeness (QED) is 0.235. The summed E-state index contributed by atoms with van der Waals surface area (Å²) in [6.45, 7) is -0.334. The third kappa shape index (κ3) is 4.73. The van der Waals surface area contributed by atoms with Gasteiger partial charge in [0, 0.05) is 23.2 Å². The Kier molecular flexibility index (Phi) is 6.43. The summed E-state index contributed by atoms with van der Waals surface area (Å²) in [6.07, 6.45) is -4.90. The Morgan fingerprint density at radius 1 is 1.19 bits per heavy atom. The highest BCUT2D eigenvalue weighted by Gasteiger charge is 2.36. The highest BCUT2D eigenvalue weighted by molar-refractivity contribution is 6.31. The summed E-state index contributed by atoms with van der Waals surface area (Å²) < 4.78 is 68.5. The molecule has 14 heteroatoms. The van der Waals surface area contributed by atoms with Crippen molar-refractivity contribution in [2.75, 3.05) is 12.4 Å². The Labute approximate surface area is 205 Å². The fourth-order valence-corrected chi connectivity index (χ4v) is 3.98. The van der Waals surface area contributed by atoms with Crippen LogP contribution in [0.3, 0.4) is 0 Å². The first kappa shape index (κ1) is 25.1. The molecule has 1 aliphatic heterocycles. The van der Waals surface area contributed by atoms with E-state index in [0.717, 1.165) is 12.1 Å². The zero-order valence-electron chi connectivity index (χ0n) is 18.2. The van der Waals surface area contributed by atoms with E-state index in [1.54, 1.807) is 0 Å². The molecular formula is C22H16ClF5N6O2. The van der Waals surface area contributed by atoms with Crippen LogP contribution in [0.1, 0.15) is 39.0 Å². The number of amides is 2. The van der Waals surface area contributed by atoms with Crippen LogP contribution in [0.15, 0.2) is 36.4 Å². The first-order chi connectivity index (χ1) is 16.9. The van der Waals surface area contributed by atoms with Gasteiger partial charge in [-0.3, -0.25) is 15.0 Å². The lowest BCUT2D eigenvalue weighted by Crippen LogP contribution is -2.41. The number of rotatable bonds is 4. The van der Waals surface area contributed by atoms with Crippen LogP contribution in [0, 0.1) is 17.0 Å². The molecule has 2 amide bonds. The molecule has 0 spiro atoms. The first-order valence-electron chi connectivity index (χ1n) is 10.2. The number of carbonyl (C=O) groups excluding carboxylic acids is 2. The van der Waals surface area contributed by atoms with Crippen LogP contribution in [0.2, 0.25) is 5.02 Å². The maximum absolute atomic E-state index is 14.0. The van der Waals surface area contributed by atoms with Crippen molar-refractivity contribution in [2.24, 2.45) is 0 Å². The smallest absolute Gasteiger partial charge is 0.371 e. The average molecular weight is 527 g/mol. The van der Waals surface area contributed by atoms with E-state index < -0.39 is 46.8 Å². The first-order valence-corrected chi connectivity index (χ1v) is 10.6. The lowest BCUT2D eigenvalue weighted by molar-refractivity contribution is -0.137. The van der Waals surface area contributed by atoms with Crippen molar-refractivity contribution in [1.29, 1.82) is 5.41 Å². The molecule has 0 fully saturated rings. The highest BCUT2D eigenvalue weighted by atomic mass is 35.5. The molecular weight excluding hydrogens is 511 g/mol. The van der Waals surface area contributed by atoms with E-state index in [0.29, 0.717) is 12.1 Å². The van der Waals surface area contributed by atoms with Crippen molar-refractivity contribution in [3.8, 4) is 0 Å². The number of aromatic nitrogens is 2. The summed E-state index contributed by atoms with van der Waals surface area (Å²) in [7, 11) is 1.41. The number of halogens is 6. The van der Waals surface area contributed by atoms with Gasteiger partial charge in [0.1, 0.15) is 18.2 Å². The van der Waals surface area contributed by atoms with E-state index in [1.807, 2.05) is 0 Å². The third-order valence-corrected chi connectivity index (χ3v) is 5.69. The molecule has 1 atom stereocenters. The third-order valence-electron chi connectivity index (χ3n) is 5.35. The second-order valence-corrected chi connectivity index (χ2v) is 8.13. The van der Waals surface area contributed by atoms with Gasteiger partial charge in [0.05, 0.1) is 17.3 Å². The molecule has 3 aromatic rings. The van der Waals surface area contributed by atoms with Crippen LogP contribution in [-0.4, -0.2) is 34.2 Å². The second-order valence-electron chi connectivity index (χ2n) is 7.73. The molecule has 4 rings (SSSR count). The number of amidine groups is 1. The number of fused-ring (bicyclic) bond motifs is 1. The fraction of sp³-hybridized carbons (Fsp3) is 0.182. The van der Waals surface area contributed by atoms with E-state index in [4.69, 9.17) is 17.0 Å². The van der Waals surface area contributed by atoms with Crippen molar-refractivity contribution in [3.05, 3.63) is 81.3 Å². The van der Waals surface area contributed by atoms with Crippen molar-refractivity contribution in [1.82, 2.24) is 20.2 Å². The van der Waals surface area contributed by atoms with E-state index in [9.17, 15) is 31.5 Å². The van der Waals surface area contributed by atoms with E-state index in [2.05, 4.69) is 20.9 Å². The van der Waals surface area contributed by atoms with Gasteiger partial charge >= 0.3 is 6.18 Å². The number of anilines is 1. The van der Waals surface area contributed by atoms with Gasteiger partial charge in [0.15, 0.2) is 17.5 Å². The number of nitrogens with zero attached hydrogens (tertiary/aromatic N) is 2. The van der Waals surface area contributed by atoms with Gasteiger partial charge in [0.25, 0.3) is 5.91 Å². The zero-order chi connectivity index (χ0) is 26.4. The summed E-state index contributed by atoms with van der Waals surface area (Å²) in [5, 5.41) is 15.7. The predicted octanol–water partition coefficient (Wildman–Crippen LogP) is 3.85. The van der Waals surface area contributed by atoms with E-state index >= 15 is 0 Å². The maximum atomic E-state index is 14.0. The largest absolute Gasteiger partial charge is 0.416 e. The number of benzene rings is 2. The zero-order valence-corrected chi connectivity index (χ0v) is 19.0. The van der Waals surface area contributed by atoms with E-state index in [-0.39, 0.29) is 46.4 Å². The molecule has 0 unspecified atom stereocenters. The number of imidazole rings is 1. The van der Waals surface area contributed by atoms with Crippen LogP contribution in [-0.2, 0) is 17.5 Å². The summed E-state index contributed by atoms with van der Waals surface area (Å²) in [6, 6.07) is 3.61. The number of alkyl halides is 3. The minimum absolute atomic E-state index is 0.0684. The highest BCUT2D eigenvalue weighted by Crippen LogP contribution is 2.36. The van der Waals surface area contributed by atoms with Crippen LogP contribution >= 0.6 is 11.6 Å². The van der Waals surface area contributed by atoms with Crippen molar-refractivity contribution in [3.63, 3.8) is 0 Å². The van der Waals surface area contributed by atoms with Gasteiger partial charge in [-0.1, -0.05) is 11.6 Å². The molecule has 1 aliphatic rings. The standard InChI is InChI=1S/C22H16ClF5N6O2/c1-30-18(29)20-32-19(33-21(36)9-4-10(22(26,27)28)6-12(25)5-9)17-16(31-15(35)8-34(17)20)13-7-11(24)2-3-14(13)23/h2-7,16H,8H2,1H3,(H2,29,30)(H,31,35)(H,33,36)/t16-/m0/s1. The van der Waals surface area contributed by atoms with Gasteiger partial charge in [0.2, 0.25) is 5.91 Å². The predicted molar refractivity (Wildman–Crippen MR) is 119 cm³/mol. The molecule has 0 radical (unpaired) electrons. The molecule has 36 heavy (non-hydrogen) atoms. The van der Waals surface area contributed by atoms with Gasteiger partial charge in [-0.05, 0) is 36.4 Å². The SMILES string of the molecule is CNC(=N)c1nc(NC(=O)c2cc(F)cc(C(F)(F)F)c2)c2n1CC(=O)N[C@H]2c1cc(F)ccc1Cl. The molecule has 188 valence electrons. The summed E-state index contributed by atoms with van der Waals surface area (Å²) in [4.78, 5) is 29.5. The molecule has 0 bridgehead atoms. The molecule has 0 saturated carbocycles. The second kappa shape index (κ2) is 9.22. The number of hydrogen-bond donors (Lipinski definition) is 4. The monoisotopic (exact) mass is 526 g/mol. The number of carbonyl (C=O) groups is 2. The normalized spacial score (nSPS) is 15.2. The van der Waals surface area contributed by atoms with Crippen molar-refractivity contribution >= 4 is 35.1 Å². The summed E-state index contributed by atoms with van der Waals surface area (Å²) in [5.74, 6) is -4.22. The molecule has 0 saturated heterocycles. The molecule has 2 aromatic carbocycles. The van der Waals surface area contributed by atoms with Crippen LogP contribution < -0.4 is 16.0 Å². The summed E-state index contributed by atoms with van der Waals surface area (Å²) in [5.41, 5.74) is -1.82. The Bertz CT molecular complexity index is 1400. The molecule has 2 heterocycles. The van der Waals surface area contributed by atoms with Gasteiger partial charge < -0.3 is 20.5 Å². The van der Waals surface area contributed by atoms with E-state index in [1.165, 1.54) is 17.7 Å². The average Bonchev–Trinajstić information content (AvgIpc) is 3.16. The Morgan fingerprint density at radius 3 is 2.58 bits per heavy atom. The Hall–Kier alpha value is -4.00. The minimum Gasteiger partial charge on any atom is -0.371 e. The topological polar surface area (TPSA) is 112 Å². The van der Waals surface area contributed by atoms with Gasteiger partial charge in [-0.25, -0.2) is 13.8 Å². The Balaban J connectivity index is 1.84. The molecule has 8 nitrogen and oxygen atoms in total. The minimum atomic E-state index is -4.90. The summed E-state index contributed by atoms with van der Waals surface area (Å²) >= 11 is 6.23. The van der Waals surface area contributed by atoms with Gasteiger partial charge in [-0.2, -0.15) is 13.2 Å². The van der Waals surface area contributed by atoms with Crippen LogP contribution in [0.25, 0.3) is 0 Å². The van der Waals surface area contributed by atoms with Gasteiger partial charge in [-0.15, -0.1) is 0 Å². The number of hydrogen-bond acceptors (Lipinski definition) is 4. The van der Waals surface area contributed by atoms with Crippen molar-refractivity contribution in [2.45, 2.75) is 18.8 Å². The Morgan fingerprint density at radius 2 is 1.92 bits per heavy atom. The fourth-order valence-electron chi connectivity index (χ4n) is 3.76. The molecule has 0 aliphatic carbocycles.